The third kappa shape index (κ3) is 5.00. The number of carbonyl (C=O) groups is 1. The summed E-state index contributed by atoms with van der Waals surface area (Å²) in [6.45, 7) is 12.5. The van der Waals surface area contributed by atoms with Crippen LogP contribution >= 0.6 is 0 Å². The number of amides is 1. The van der Waals surface area contributed by atoms with Crippen molar-refractivity contribution in [1.29, 1.82) is 0 Å². The van der Waals surface area contributed by atoms with Crippen molar-refractivity contribution in [3.8, 4) is 0 Å². The number of nitrogens with zero attached hydrogens (tertiary/aromatic N) is 1. The minimum atomic E-state index is -0.401. The number of unbranched alkanes of at least 4 members (excludes halogenated alkanes) is 3. The number of ether oxygens (including phenoxy) is 1. The third-order valence-corrected chi connectivity index (χ3v) is 6.11. The summed E-state index contributed by atoms with van der Waals surface area (Å²) >= 11 is 0. The van der Waals surface area contributed by atoms with Crippen LogP contribution in [0.2, 0.25) is 0 Å². The first kappa shape index (κ1) is 20.8. The quantitative estimate of drug-likeness (QED) is 0.666. The highest BCUT2D eigenvalue weighted by atomic mass is 16.5. The van der Waals surface area contributed by atoms with Gasteiger partial charge >= 0.3 is 6.09 Å². The average molecular weight is 361 g/mol. The van der Waals surface area contributed by atoms with Gasteiger partial charge in [0.15, 0.2) is 0 Å². The lowest BCUT2D eigenvalue weighted by molar-refractivity contribution is 0.110. The van der Waals surface area contributed by atoms with E-state index in [1.165, 1.54) is 44.9 Å². The van der Waals surface area contributed by atoms with Crippen LogP contribution in [0.15, 0.2) is 18.2 Å². The first-order valence-corrected chi connectivity index (χ1v) is 10.1. The first-order chi connectivity index (χ1) is 12.4. The summed E-state index contributed by atoms with van der Waals surface area (Å²) in [5, 5.41) is 2.93. The Morgan fingerprint density at radius 3 is 2.77 bits per heavy atom. The fraction of sp³-hybridized carbons (Fsp3) is 0.682. The molecule has 1 aromatic rings. The van der Waals surface area contributed by atoms with Gasteiger partial charge < -0.3 is 9.64 Å². The van der Waals surface area contributed by atoms with E-state index in [2.05, 4.69) is 56.1 Å². The van der Waals surface area contributed by atoms with E-state index in [0.29, 0.717) is 5.92 Å². The molecule has 2 atom stereocenters. The number of anilines is 1. The molecule has 1 saturated heterocycles. The van der Waals surface area contributed by atoms with Crippen molar-refractivity contribution in [2.24, 2.45) is 5.92 Å². The molecule has 1 heterocycles. The van der Waals surface area contributed by atoms with Gasteiger partial charge in [0.05, 0.1) is 7.11 Å². The molecule has 26 heavy (non-hydrogen) atoms. The molecule has 1 N–H and O–H groups in total. The van der Waals surface area contributed by atoms with Crippen LogP contribution in [0.5, 0.6) is 0 Å². The van der Waals surface area contributed by atoms with Crippen LogP contribution in [0.3, 0.4) is 0 Å². The van der Waals surface area contributed by atoms with Gasteiger partial charge in [-0.25, -0.2) is 4.79 Å². The number of nitrogens with one attached hydrogen (secondary N) is 1. The van der Waals surface area contributed by atoms with E-state index in [0.717, 1.165) is 30.8 Å². The Hall–Kier alpha value is -1.55. The Labute approximate surface area is 159 Å². The lowest BCUT2D eigenvalue weighted by atomic mass is 9.67. The number of methoxy groups -OCH3 is 1. The second-order valence-electron chi connectivity index (χ2n) is 8.10. The van der Waals surface area contributed by atoms with Crippen molar-refractivity contribution in [2.75, 3.05) is 32.1 Å². The second-order valence-corrected chi connectivity index (χ2v) is 8.10. The number of benzene rings is 1. The van der Waals surface area contributed by atoms with E-state index >= 15 is 0 Å². The molecule has 0 aliphatic carbocycles. The molecule has 0 radical (unpaired) electrons. The number of rotatable bonds is 7. The normalized spacial score (nSPS) is 23.7. The number of carbonyl (C=O) groups excluding carboxylic acids is 1. The largest absolute Gasteiger partial charge is 0.453 e. The minimum absolute atomic E-state index is 0.0595. The lowest BCUT2D eigenvalue weighted by Crippen LogP contribution is -2.47. The van der Waals surface area contributed by atoms with E-state index in [-0.39, 0.29) is 5.41 Å². The number of aryl methyl sites for hydroxylation is 1. The van der Waals surface area contributed by atoms with E-state index in [9.17, 15) is 4.79 Å². The zero-order chi connectivity index (χ0) is 19.2. The van der Waals surface area contributed by atoms with Crippen LogP contribution in [0.1, 0.15) is 64.0 Å². The van der Waals surface area contributed by atoms with Crippen molar-refractivity contribution in [3.63, 3.8) is 0 Å². The topological polar surface area (TPSA) is 41.6 Å². The smallest absolute Gasteiger partial charge is 0.411 e. The van der Waals surface area contributed by atoms with Crippen molar-refractivity contribution >= 4 is 11.8 Å². The van der Waals surface area contributed by atoms with Gasteiger partial charge in [-0.3, -0.25) is 5.32 Å². The minimum Gasteiger partial charge on any atom is -0.453 e. The van der Waals surface area contributed by atoms with Gasteiger partial charge in [0.1, 0.15) is 0 Å². The molecule has 2 unspecified atom stereocenters. The van der Waals surface area contributed by atoms with Gasteiger partial charge in [-0.05, 0) is 61.4 Å². The highest BCUT2D eigenvalue weighted by Crippen LogP contribution is 2.42. The molecule has 4 heteroatoms. The van der Waals surface area contributed by atoms with Crippen molar-refractivity contribution < 1.29 is 9.53 Å². The fourth-order valence-electron chi connectivity index (χ4n) is 4.10. The molecule has 1 aromatic carbocycles. The monoisotopic (exact) mass is 360 g/mol. The fourth-order valence-corrected chi connectivity index (χ4v) is 4.10. The summed E-state index contributed by atoms with van der Waals surface area (Å²) in [5.74, 6) is 0.531. The van der Waals surface area contributed by atoms with E-state index < -0.39 is 6.09 Å². The first-order valence-electron chi connectivity index (χ1n) is 10.1. The van der Waals surface area contributed by atoms with Gasteiger partial charge in [-0.15, -0.1) is 0 Å². The summed E-state index contributed by atoms with van der Waals surface area (Å²) < 4.78 is 4.82. The zero-order valence-electron chi connectivity index (χ0n) is 17.2. The molecular formula is C22H36N2O2. The maximum Gasteiger partial charge on any atom is 0.411 e. The molecule has 1 fully saturated rings. The Bertz CT molecular complexity index is 602. The zero-order valence-corrected chi connectivity index (χ0v) is 17.2. The molecule has 1 aliphatic rings. The van der Waals surface area contributed by atoms with Gasteiger partial charge in [0, 0.05) is 12.2 Å². The third-order valence-electron chi connectivity index (χ3n) is 6.11. The molecule has 0 spiro atoms. The van der Waals surface area contributed by atoms with Crippen LogP contribution in [-0.4, -0.2) is 37.7 Å². The molecule has 0 bridgehead atoms. The Morgan fingerprint density at radius 1 is 1.35 bits per heavy atom. The predicted octanol–water partition coefficient (Wildman–Crippen LogP) is 5.35. The standard InChI is InChI=1S/C22H36N2O2/c1-6-7-8-9-13-24-14-12-22(4,18(3)16-24)19-11-10-17(2)15-20(19)23-21(25)26-5/h10-11,15,18H,6-9,12-14,16H2,1-5H3,(H,23,25). The van der Waals surface area contributed by atoms with Gasteiger partial charge in [0.2, 0.25) is 0 Å². The SMILES string of the molecule is CCCCCCN1CCC(C)(c2ccc(C)cc2NC(=O)OC)C(C)C1. The van der Waals surface area contributed by atoms with Crippen molar-refractivity contribution in [3.05, 3.63) is 29.3 Å². The van der Waals surface area contributed by atoms with Crippen LogP contribution in [0.25, 0.3) is 0 Å². The van der Waals surface area contributed by atoms with Crippen LogP contribution in [0.4, 0.5) is 10.5 Å². The van der Waals surface area contributed by atoms with Gasteiger partial charge in [0.25, 0.3) is 0 Å². The number of likely N-dealkylation sites (tertiary alicyclic amines) is 1. The molecule has 1 aliphatic heterocycles. The molecule has 146 valence electrons. The van der Waals surface area contributed by atoms with Crippen molar-refractivity contribution in [2.45, 2.75) is 65.2 Å². The Balaban J connectivity index is 2.12. The van der Waals surface area contributed by atoms with E-state index in [1.54, 1.807) is 0 Å². The van der Waals surface area contributed by atoms with Gasteiger partial charge in [-0.2, -0.15) is 0 Å². The Morgan fingerprint density at radius 2 is 2.12 bits per heavy atom. The molecule has 0 saturated carbocycles. The molecular weight excluding hydrogens is 324 g/mol. The van der Waals surface area contributed by atoms with Gasteiger partial charge in [-0.1, -0.05) is 52.2 Å². The second kappa shape index (κ2) is 9.40. The summed E-state index contributed by atoms with van der Waals surface area (Å²) in [6.07, 6.45) is 5.98. The summed E-state index contributed by atoms with van der Waals surface area (Å²) in [6, 6.07) is 6.39. The van der Waals surface area contributed by atoms with E-state index in [4.69, 9.17) is 4.74 Å². The molecule has 0 aromatic heterocycles. The summed E-state index contributed by atoms with van der Waals surface area (Å²) in [5.41, 5.74) is 3.32. The van der Waals surface area contributed by atoms with Crippen LogP contribution in [-0.2, 0) is 10.2 Å². The van der Waals surface area contributed by atoms with E-state index in [1.807, 2.05) is 0 Å². The number of hydrogen-bond acceptors (Lipinski definition) is 3. The molecule has 1 amide bonds. The maximum absolute atomic E-state index is 11.8. The van der Waals surface area contributed by atoms with Crippen LogP contribution in [0, 0.1) is 12.8 Å². The van der Waals surface area contributed by atoms with Crippen LogP contribution < -0.4 is 5.32 Å². The number of hydrogen-bond donors (Lipinski definition) is 1. The highest BCUT2D eigenvalue weighted by Gasteiger charge is 2.39. The summed E-state index contributed by atoms with van der Waals surface area (Å²) in [4.78, 5) is 14.4. The maximum atomic E-state index is 11.8. The highest BCUT2D eigenvalue weighted by molar-refractivity contribution is 5.86. The number of piperidine rings is 1. The predicted molar refractivity (Wildman–Crippen MR) is 109 cm³/mol. The lowest BCUT2D eigenvalue weighted by Gasteiger charge is -2.46. The van der Waals surface area contributed by atoms with Crippen molar-refractivity contribution in [1.82, 2.24) is 4.90 Å². The average Bonchev–Trinajstić information content (AvgIpc) is 2.61. The Kier molecular flexibility index (Phi) is 7.51. The molecule has 2 rings (SSSR count). The molecule has 4 nitrogen and oxygen atoms in total. The summed E-state index contributed by atoms with van der Waals surface area (Å²) in [7, 11) is 1.41.